The normalized spacial score (nSPS) is 11.3. The van der Waals surface area contributed by atoms with Crippen molar-refractivity contribution in [3.63, 3.8) is 0 Å². The molecular formula is C12H23NO. The zero-order valence-electron chi connectivity index (χ0n) is 9.47. The maximum Gasteiger partial charge on any atom is 0.0499 e. The molecule has 2 N–H and O–H groups in total. The van der Waals surface area contributed by atoms with Crippen LogP contribution in [0.1, 0.15) is 39.5 Å². The second-order valence-corrected chi connectivity index (χ2v) is 3.85. The van der Waals surface area contributed by atoms with Crippen molar-refractivity contribution in [3.8, 4) is 12.3 Å². The average Bonchev–Trinajstić information content (AvgIpc) is 2.24. The molecule has 14 heavy (non-hydrogen) atoms. The van der Waals surface area contributed by atoms with Crippen molar-refractivity contribution in [2.75, 3.05) is 19.7 Å². The van der Waals surface area contributed by atoms with Crippen LogP contribution < -0.4 is 5.32 Å². The smallest absolute Gasteiger partial charge is 0.0499 e. The lowest BCUT2D eigenvalue weighted by Gasteiger charge is -2.29. The molecule has 2 nitrogen and oxygen atoms in total. The van der Waals surface area contributed by atoms with Crippen LogP contribution in [-0.4, -0.2) is 24.8 Å². The van der Waals surface area contributed by atoms with Gasteiger partial charge < -0.3 is 10.4 Å². The highest BCUT2D eigenvalue weighted by molar-refractivity contribution is 4.84. The predicted molar refractivity (Wildman–Crippen MR) is 61.0 cm³/mol. The summed E-state index contributed by atoms with van der Waals surface area (Å²) >= 11 is 0. The lowest BCUT2D eigenvalue weighted by atomic mass is 9.83. The van der Waals surface area contributed by atoms with Gasteiger partial charge >= 0.3 is 0 Å². The second-order valence-electron chi connectivity index (χ2n) is 3.85. The first-order valence-electron chi connectivity index (χ1n) is 5.49. The average molecular weight is 197 g/mol. The van der Waals surface area contributed by atoms with E-state index in [1.54, 1.807) is 0 Å². The number of aliphatic hydroxyl groups excluding tert-OH is 1. The molecule has 0 aliphatic heterocycles. The Morgan fingerprint density at radius 1 is 1.36 bits per heavy atom. The van der Waals surface area contributed by atoms with Crippen molar-refractivity contribution in [2.45, 2.75) is 39.5 Å². The molecule has 0 heterocycles. The molecule has 0 unspecified atom stereocenters. The van der Waals surface area contributed by atoms with Gasteiger partial charge in [-0.15, -0.1) is 12.3 Å². The van der Waals surface area contributed by atoms with Crippen LogP contribution in [-0.2, 0) is 0 Å². The maximum absolute atomic E-state index is 9.31. The molecule has 0 aromatic rings. The molecule has 0 aromatic heterocycles. The minimum Gasteiger partial charge on any atom is -0.396 e. The van der Waals surface area contributed by atoms with Crippen LogP contribution in [0.4, 0.5) is 0 Å². The monoisotopic (exact) mass is 197 g/mol. The first-order chi connectivity index (χ1) is 6.74. The maximum atomic E-state index is 9.31. The Morgan fingerprint density at radius 3 is 2.43 bits per heavy atom. The Labute approximate surface area is 88.1 Å². The Bertz CT molecular complexity index is 159. The summed E-state index contributed by atoms with van der Waals surface area (Å²) in [6.45, 7) is 6.36. The molecule has 0 spiro atoms. The van der Waals surface area contributed by atoms with E-state index in [2.05, 4.69) is 25.1 Å². The third-order valence-electron chi connectivity index (χ3n) is 3.01. The zero-order valence-corrected chi connectivity index (χ0v) is 9.47. The standard InChI is InChI=1S/C12H23NO/c1-4-7-8-9-13-10-12(5-2,6-3)11-14/h1,13-14H,5-11H2,2-3H3. The van der Waals surface area contributed by atoms with Gasteiger partial charge in [0.2, 0.25) is 0 Å². The minimum atomic E-state index is 0.0656. The van der Waals surface area contributed by atoms with Crippen molar-refractivity contribution in [2.24, 2.45) is 5.41 Å². The van der Waals surface area contributed by atoms with Gasteiger partial charge in [-0.25, -0.2) is 0 Å². The first kappa shape index (κ1) is 13.5. The second kappa shape index (κ2) is 7.84. The predicted octanol–water partition coefficient (Wildman–Crippen LogP) is 1.79. The summed E-state index contributed by atoms with van der Waals surface area (Å²) < 4.78 is 0. The molecule has 0 aliphatic rings. The summed E-state index contributed by atoms with van der Waals surface area (Å²) in [4.78, 5) is 0. The van der Waals surface area contributed by atoms with Gasteiger partial charge in [-0.2, -0.15) is 0 Å². The molecule has 0 fully saturated rings. The Hall–Kier alpha value is -0.520. The Morgan fingerprint density at radius 2 is 2.00 bits per heavy atom. The lowest BCUT2D eigenvalue weighted by molar-refractivity contribution is 0.113. The van der Waals surface area contributed by atoms with E-state index in [1.165, 1.54) is 0 Å². The molecule has 0 aromatic carbocycles. The molecule has 82 valence electrons. The largest absolute Gasteiger partial charge is 0.396 e. The highest BCUT2D eigenvalue weighted by Crippen LogP contribution is 2.24. The summed E-state index contributed by atoms with van der Waals surface area (Å²) in [5.74, 6) is 2.62. The van der Waals surface area contributed by atoms with Crippen LogP contribution in [0.2, 0.25) is 0 Å². The van der Waals surface area contributed by atoms with E-state index >= 15 is 0 Å². The third-order valence-corrected chi connectivity index (χ3v) is 3.01. The number of rotatable bonds is 8. The van der Waals surface area contributed by atoms with Crippen molar-refractivity contribution < 1.29 is 5.11 Å². The van der Waals surface area contributed by atoms with E-state index < -0.39 is 0 Å². The minimum absolute atomic E-state index is 0.0656. The van der Waals surface area contributed by atoms with Crippen LogP contribution in [0.15, 0.2) is 0 Å². The van der Waals surface area contributed by atoms with Crippen molar-refractivity contribution in [1.82, 2.24) is 5.32 Å². The van der Waals surface area contributed by atoms with Crippen LogP contribution in [0.25, 0.3) is 0 Å². The summed E-state index contributed by atoms with van der Waals surface area (Å²) in [5, 5.41) is 12.7. The van der Waals surface area contributed by atoms with Gasteiger partial charge in [-0.3, -0.25) is 0 Å². The Kier molecular flexibility index (Phi) is 7.55. The number of aliphatic hydroxyl groups is 1. The van der Waals surface area contributed by atoms with Gasteiger partial charge in [0.15, 0.2) is 0 Å². The van der Waals surface area contributed by atoms with Gasteiger partial charge in [-0.1, -0.05) is 13.8 Å². The summed E-state index contributed by atoms with van der Waals surface area (Å²) in [6.07, 6.45) is 9.04. The molecule has 0 rings (SSSR count). The lowest BCUT2D eigenvalue weighted by Crippen LogP contribution is -2.36. The zero-order chi connectivity index (χ0) is 10.9. The van der Waals surface area contributed by atoms with E-state index in [1.807, 2.05) is 0 Å². The van der Waals surface area contributed by atoms with Crippen molar-refractivity contribution in [1.29, 1.82) is 0 Å². The summed E-state index contributed by atoms with van der Waals surface area (Å²) in [6, 6.07) is 0. The van der Waals surface area contributed by atoms with E-state index in [0.29, 0.717) is 0 Å². The summed E-state index contributed by atoms with van der Waals surface area (Å²) in [7, 11) is 0. The van der Waals surface area contributed by atoms with E-state index in [4.69, 9.17) is 6.42 Å². The van der Waals surface area contributed by atoms with Crippen molar-refractivity contribution in [3.05, 3.63) is 0 Å². The fourth-order valence-corrected chi connectivity index (χ4v) is 1.45. The Balaban J connectivity index is 3.67. The highest BCUT2D eigenvalue weighted by atomic mass is 16.3. The highest BCUT2D eigenvalue weighted by Gasteiger charge is 2.24. The molecule has 0 radical (unpaired) electrons. The SMILES string of the molecule is C#CCCCNCC(CC)(CC)CO. The van der Waals surface area contributed by atoms with Crippen LogP contribution in [0, 0.1) is 17.8 Å². The number of unbranched alkanes of at least 4 members (excludes halogenated alkanes) is 1. The number of nitrogens with one attached hydrogen (secondary N) is 1. The molecule has 0 aliphatic carbocycles. The quantitative estimate of drug-likeness (QED) is 0.459. The third kappa shape index (κ3) is 4.64. The van der Waals surface area contributed by atoms with Gasteiger partial charge in [0.25, 0.3) is 0 Å². The van der Waals surface area contributed by atoms with E-state index in [9.17, 15) is 5.11 Å². The molecule has 2 heteroatoms. The van der Waals surface area contributed by atoms with Crippen LogP contribution >= 0.6 is 0 Å². The fraction of sp³-hybridized carbons (Fsp3) is 0.833. The molecule has 0 bridgehead atoms. The van der Waals surface area contributed by atoms with E-state index in [-0.39, 0.29) is 12.0 Å². The fourth-order valence-electron chi connectivity index (χ4n) is 1.45. The molecular weight excluding hydrogens is 174 g/mol. The summed E-state index contributed by atoms with van der Waals surface area (Å²) in [5.41, 5.74) is 0.0656. The van der Waals surface area contributed by atoms with Gasteiger partial charge in [0, 0.05) is 25.0 Å². The number of hydrogen-bond donors (Lipinski definition) is 2. The van der Waals surface area contributed by atoms with Crippen molar-refractivity contribution >= 4 is 0 Å². The van der Waals surface area contributed by atoms with Crippen LogP contribution in [0.5, 0.6) is 0 Å². The van der Waals surface area contributed by atoms with Gasteiger partial charge in [-0.05, 0) is 25.8 Å². The molecule has 0 saturated heterocycles. The number of hydrogen-bond acceptors (Lipinski definition) is 2. The molecule has 0 amide bonds. The van der Waals surface area contributed by atoms with Crippen LogP contribution in [0.3, 0.4) is 0 Å². The first-order valence-corrected chi connectivity index (χ1v) is 5.49. The topological polar surface area (TPSA) is 32.3 Å². The van der Waals surface area contributed by atoms with E-state index in [0.717, 1.165) is 38.8 Å². The molecule has 0 saturated carbocycles. The van der Waals surface area contributed by atoms with Gasteiger partial charge in [0.05, 0.1) is 0 Å². The number of terminal acetylenes is 1. The molecule has 0 atom stereocenters. The van der Waals surface area contributed by atoms with Gasteiger partial charge in [0.1, 0.15) is 0 Å².